The number of hydrogen-bond donors (Lipinski definition) is 1. The van der Waals surface area contributed by atoms with E-state index in [0.717, 1.165) is 12.2 Å². The molecule has 1 aromatic heterocycles. The van der Waals surface area contributed by atoms with Crippen molar-refractivity contribution in [3.8, 4) is 0 Å². The van der Waals surface area contributed by atoms with E-state index in [1.165, 1.54) is 26.6 Å². The van der Waals surface area contributed by atoms with Crippen LogP contribution in [0.1, 0.15) is 16.7 Å². The van der Waals surface area contributed by atoms with Crippen LogP contribution in [-0.4, -0.2) is 10.7 Å². The molecule has 0 aliphatic carbocycles. The molecule has 0 radical (unpaired) electrons. The zero-order chi connectivity index (χ0) is 13.0. The highest BCUT2D eigenvalue weighted by atomic mass is 127. The Kier molecular flexibility index (Phi) is 5.51. The summed E-state index contributed by atoms with van der Waals surface area (Å²) in [7, 11) is 1.76. The van der Waals surface area contributed by atoms with Crippen molar-refractivity contribution >= 4 is 41.9 Å². The second-order valence-electron chi connectivity index (χ2n) is 4.26. The van der Waals surface area contributed by atoms with E-state index in [0.29, 0.717) is 0 Å². The maximum Gasteiger partial charge on any atom is 0.0858 e. The van der Waals surface area contributed by atoms with Gasteiger partial charge in [-0.1, -0.05) is 17.7 Å². The van der Waals surface area contributed by atoms with Gasteiger partial charge in [-0.3, -0.25) is 0 Å². The fourth-order valence-corrected chi connectivity index (χ4v) is 4.38. The molecule has 0 atom stereocenters. The third-order valence-corrected chi connectivity index (χ3v) is 5.85. The minimum absolute atomic E-state index is 1.12. The van der Waals surface area contributed by atoms with Crippen molar-refractivity contribution in [1.82, 2.24) is 4.98 Å². The summed E-state index contributed by atoms with van der Waals surface area (Å²) >= 11 is 4.25. The van der Waals surface area contributed by atoms with Gasteiger partial charge < -0.3 is 4.98 Å². The standard InChI is InChI=1S/C14H16INS2/c1-10-3-5-13(6-4-10)17-8-7-12-9-16-14(18-15)11(12)2/h3-6,9,16H,7-8H2,1-2H3. The summed E-state index contributed by atoms with van der Waals surface area (Å²) in [6.07, 6.45) is 3.27. The third-order valence-electron chi connectivity index (χ3n) is 2.94. The fourth-order valence-electron chi connectivity index (χ4n) is 1.77. The van der Waals surface area contributed by atoms with Crippen molar-refractivity contribution in [2.45, 2.75) is 30.2 Å². The Morgan fingerprint density at radius 3 is 2.50 bits per heavy atom. The van der Waals surface area contributed by atoms with Crippen molar-refractivity contribution in [3.63, 3.8) is 0 Å². The molecule has 96 valence electrons. The van der Waals surface area contributed by atoms with E-state index in [2.05, 4.69) is 70.5 Å². The second-order valence-corrected chi connectivity index (χ2v) is 7.31. The van der Waals surface area contributed by atoms with Gasteiger partial charge in [0, 0.05) is 38.1 Å². The van der Waals surface area contributed by atoms with Gasteiger partial charge in [0.1, 0.15) is 0 Å². The number of rotatable bonds is 5. The molecule has 18 heavy (non-hydrogen) atoms. The van der Waals surface area contributed by atoms with Crippen LogP contribution in [0.25, 0.3) is 0 Å². The van der Waals surface area contributed by atoms with Gasteiger partial charge in [0.05, 0.1) is 5.03 Å². The van der Waals surface area contributed by atoms with Crippen LogP contribution in [0.2, 0.25) is 0 Å². The molecule has 0 amide bonds. The first kappa shape index (κ1) is 14.3. The number of hydrogen-bond acceptors (Lipinski definition) is 2. The van der Waals surface area contributed by atoms with Gasteiger partial charge in [0.15, 0.2) is 0 Å². The van der Waals surface area contributed by atoms with Crippen LogP contribution in [0, 0.1) is 13.8 Å². The molecule has 0 aliphatic rings. The zero-order valence-electron chi connectivity index (χ0n) is 10.5. The molecule has 1 N–H and O–H groups in total. The molecule has 0 saturated heterocycles. The molecule has 0 spiro atoms. The number of H-pyrrole nitrogens is 1. The molecule has 4 heteroatoms. The Hall–Kier alpha value is -0.0700. The first-order chi connectivity index (χ1) is 8.70. The summed E-state index contributed by atoms with van der Waals surface area (Å²) in [6, 6.07) is 8.76. The summed E-state index contributed by atoms with van der Waals surface area (Å²) in [6.45, 7) is 4.32. The number of nitrogens with one attached hydrogen (secondary N) is 1. The van der Waals surface area contributed by atoms with Crippen LogP contribution >= 0.6 is 41.9 Å². The van der Waals surface area contributed by atoms with Gasteiger partial charge in [-0.25, -0.2) is 0 Å². The van der Waals surface area contributed by atoms with E-state index < -0.39 is 0 Å². The smallest absolute Gasteiger partial charge is 0.0858 e. The van der Waals surface area contributed by atoms with Crippen LogP contribution < -0.4 is 0 Å². The molecular formula is C14H16INS2. The van der Waals surface area contributed by atoms with E-state index in [9.17, 15) is 0 Å². The lowest BCUT2D eigenvalue weighted by Gasteiger charge is -2.02. The van der Waals surface area contributed by atoms with Crippen LogP contribution in [0.15, 0.2) is 40.4 Å². The zero-order valence-corrected chi connectivity index (χ0v) is 14.3. The number of thioether (sulfide) groups is 1. The summed E-state index contributed by atoms with van der Waals surface area (Å²) in [5, 5.41) is 1.28. The van der Waals surface area contributed by atoms with Crippen LogP contribution in [0.3, 0.4) is 0 Å². The van der Waals surface area contributed by atoms with E-state index >= 15 is 0 Å². The third kappa shape index (κ3) is 3.71. The highest BCUT2D eigenvalue weighted by molar-refractivity contribution is 14.2. The van der Waals surface area contributed by atoms with Gasteiger partial charge in [-0.2, -0.15) is 0 Å². The predicted octanol–water partition coefficient (Wildman–Crippen LogP) is 5.41. The van der Waals surface area contributed by atoms with Crippen molar-refractivity contribution in [2.75, 3.05) is 5.75 Å². The molecule has 0 bridgehead atoms. The Labute approximate surface area is 129 Å². The number of aromatic amines is 1. The quantitative estimate of drug-likeness (QED) is 0.544. The van der Waals surface area contributed by atoms with Crippen molar-refractivity contribution < 1.29 is 0 Å². The normalized spacial score (nSPS) is 10.8. The lowest BCUT2D eigenvalue weighted by Crippen LogP contribution is -1.89. The number of aromatic nitrogens is 1. The van der Waals surface area contributed by atoms with Gasteiger partial charge in [0.2, 0.25) is 0 Å². The average molecular weight is 389 g/mol. The van der Waals surface area contributed by atoms with Crippen molar-refractivity contribution in [2.24, 2.45) is 0 Å². The number of benzene rings is 1. The lowest BCUT2D eigenvalue weighted by molar-refractivity contribution is 1.12. The van der Waals surface area contributed by atoms with Gasteiger partial charge in [0.25, 0.3) is 0 Å². The molecule has 2 rings (SSSR count). The van der Waals surface area contributed by atoms with Crippen molar-refractivity contribution in [1.29, 1.82) is 0 Å². The number of aryl methyl sites for hydroxylation is 2. The number of halogens is 1. The molecule has 0 aliphatic heterocycles. The van der Waals surface area contributed by atoms with Crippen molar-refractivity contribution in [3.05, 3.63) is 47.2 Å². The summed E-state index contributed by atoms with van der Waals surface area (Å²) < 4.78 is 0. The molecule has 0 fully saturated rings. The second kappa shape index (κ2) is 6.91. The molecular weight excluding hydrogens is 373 g/mol. The SMILES string of the molecule is Cc1ccc(SCCc2c[nH]c(SI)c2C)cc1. The monoisotopic (exact) mass is 389 g/mol. The van der Waals surface area contributed by atoms with Gasteiger partial charge >= 0.3 is 0 Å². The van der Waals surface area contributed by atoms with Crippen LogP contribution in [0.4, 0.5) is 0 Å². The Bertz CT molecular complexity index is 505. The van der Waals surface area contributed by atoms with Crippen LogP contribution in [0.5, 0.6) is 0 Å². The molecule has 1 nitrogen and oxygen atoms in total. The first-order valence-electron chi connectivity index (χ1n) is 5.85. The Balaban J connectivity index is 1.88. The summed E-state index contributed by atoms with van der Waals surface area (Å²) in [5.74, 6) is 1.13. The maximum absolute atomic E-state index is 3.33. The van der Waals surface area contributed by atoms with Gasteiger partial charge in [-0.05, 0) is 52.5 Å². The lowest BCUT2D eigenvalue weighted by atomic mass is 10.2. The fraction of sp³-hybridized carbons (Fsp3) is 0.286. The first-order valence-corrected chi connectivity index (χ1v) is 10.2. The van der Waals surface area contributed by atoms with E-state index in [-0.39, 0.29) is 0 Å². The van der Waals surface area contributed by atoms with Gasteiger partial charge in [-0.15, -0.1) is 11.8 Å². The summed E-state index contributed by atoms with van der Waals surface area (Å²) in [5.41, 5.74) is 4.16. The Morgan fingerprint density at radius 1 is 1.17 bits per heavy atom. The van der Waals surface area contributed by atoms with E-state index in [1.54, 1.807) is 8.93 Å². The predicted molar refractivity (Wildman–Crippen MR) is 91.0 cm³/mol. The van der Waals surface area contributed by atoms with Crippen LogP contribution in [-0.2, 0) is 6.42 Å². The highest BCUT2D eigenvalue weighted by Crippen LogP contribution is 2.29. The average Bonchev–Trinajstić information content (AvgIpc) is 2.73. The van der Waals surface area contributed by atoms with E-state index in [1.807, 2.05) is 11.8 Å². The molecule has 0 saturated carbocycles. The topological polar surface area (TPSA) is 15.8 Å². The summed E-state index contributed by atoms with van der Waals surface area (Å²) in [4.78, 5) is 4.68. The maximum atomic E-state index is 3.33. The molecule has 0 unspecified atom stereocenters. The molecule has 2 aromatic rings. The Morgan fingerprint density at radius 2 is 1.89 bits per heavy atom. The molecule has 1 aromatic carbocycles. The largest absolute Gasteiger partial charge is 0.355 e. The van der Waals surface area contributed by atoms with E-state index in [4.69, 9.17) is 0 Å². The minimum Gasteiger partial charge on any atom is -0.355 e. The minimum atomic E-state index is 1.12. The highest BCUT2D eigenvalue weighted by Gasteiger charge is 2.06. The molecule has 1 heterocycles.